The van der Waals surface area contributed by atoms with Gasteiger partial charge in [0.2, 0.25) is 0 Å². The lowest BCUT2D eigenvalue weighted by molar-refractivity contribution is 0.477. The van der Waals surface area contributed by atoms with Gasteiger partial charge in [-0.3, -0.25) is 0 Å². The minimum Gasteiger partial charge on any atom is -0.613 e. The van der Waals surface area contributed by atoms with Crippen molar-refractivity contribution in [2.75, 3.05) is 0 Å². The largest absolute Gasteiger partial charge is 0.613 e. The van der Waals surface area contributed by atoms with E-state index in [4.69, 9.17) is 0 Å². The Hall–Kier alpha value is 1.10. The van der Waals surface area contributed by atoms with Gasteiger partial charge in [0.15, 0.2) is 0 Å². The highest BCUT2D eigenvalue weighted by Gasteiger charge is 2.33. The van der Waals surface area contributed by atoms with Gasteiger partial charge in [-0.2, -0.15) is 4.39 Å². The summed E-state index contributed by atoms with van der Waals surface area (Å²) in [5.74, 6) is 0. The normalized spacial score (nSPS) is 16.3. The van der Waals surface area contributed by atoms with Gasteiger partial charge in [0.25, 0.3) is 4.48 Å². The molecule has 5 heteroatoms. The zero-order valence-corrected chi connectivity index (χ0v) is 8.55. The van der Waals surface area contributed by atoms with Crippen LogP contribution in [0.25, 0.3) is 0 Å². The van der Waals surface area contributed by atoms with E-state index in [1.165, 1.54) is 0 Å². The Kier molecular flexibility index (Phi) is 3.90. The quantitative estimate of drug-likeness (QED) is 0.475. The highest BCUT2D eigenvalue weighted by molar-refractivity contribution is 8.01. The zero-order valence-electron chi connectivity index (χ0n) is 5.43. The van der Waals surface area contributed by atoms with E-state index in [1.807, 2.05) is 18.5 Å². The maximum Gasteiger partial charge on any atom is 0.282 e. The van der Waals surface area contributed by atoms with Crippen LogP contribution in [0.5, 0.6) is 0 Å². The van der Waals surface area contributed by atoms with Gasteiger partial charge in [0.1, 0.15) is 5.25 Å². The molecule has 0 spiro atoms. The Balaban J connectivity index is 3.88. The maximum atomic E-state index is 12.7. The van der Waals surface area contributed by atoms with Crippen LogP contribution in [0.15, 0.2) is 0 Å². The molecule has 9 heavy (non-hydrogen) atoms. The second-order valence-electron chi connectivity index (χ2n) is 2.04. The van der Waals surface area contributed by atoms with E-state index in [1.54, 1.807) is 13.8 Å². The van der Waals surface area contributed by atoms with Crippen LogP contribution in [-0.2, 0) is 11.2 Å². The molecule has 0 aromatic heterocycles. The summed E-state index contributed by atoms with van der Waals surface area (Å²) >= 11 is -1.43. The molecule has 56 valence electrons. The first-order valence-electron chi connectivity index (χ1n) is 2.53. The van der Waals surface area contributed by atoms with Gasteiger partial charge in [-0.05, 0) is 43.5 Å². The van der Waals surface area contributed by atoms with Crippen LogP contribution in [0, 0.1) is 0 Å². The van der Waals surface area contributed by atoms with Crippen molar-refractivity contribution in [1.29, 1.82) is 0 Å². The number of hydrogen-bond donors (Lipinski definition) is 0. The summed E-state index contributed by atoms with van der Waals surface area (Å²) in [4.78, 5) is 0. The Labute approximate surface area is 62.8 Å². The molecule has 0 saturated carbocycles. The number of hydrogen-bond acceptors (Lipinski definition) is 1. The highest BCUT2D eigenvalue weighted by Crippen LogP contribution is 2.37. The minimum absolute atomic E-state index is 0.134. The molecule has 0 aromatic carbocycles. The van der Waals surface area contributed by atoms with E-state index in [0.29, 0.717) is 0 Å². The summed E-state index contributed by atoms with van der Waals surface area (Å²) in [6.07, 6.45) is 0. The lowest BCUT2D eigenvalue weighted by atomic mass is 10.6. The van der Waals surface area contributed by atoms with E-state index in [-0.39, 0.29) is 5.25 Å². The lowest BCUT2D eigenvalue weighted by Gasteiger charge is -2.22. The predicted octanol–water partition coefficient (Wildman–Crippen LogP) is 1.47. The van der Waals surface area contributed by atoms with Crippen LogP contribution in [0.2, 0.25) is 0 Å². The molecule has 0 fully saturated rings. The van der Waals surface area contributed by atoms with Crippen LogP contribution in [-0.4, -0.2) is 14.3 Å². The molecule has 0 aromatic rings. The summed E-state index contributed by atoms with van der Waals surface area (Å²) < 4.78 is 21.8. The SMILES string of the molecule is CC(C)[S+]([O-])C(F)(P)P. The number of halogens is 1. The molecule has 0 aliphatic heterocycles. The molecule has 1 nitrogen and oxygen atoms in total. The first-order valence-corrected chi connectivity index (χ1v) is 4.90. The van der Waals surface area contributed by atoms with E-state index < -0.39 is 15.7 Å². The van der Waals surface area contributed by atoms with Crippen molar-refractivity contribution in [2.45, 2.75) is 23.6 Å². The summed E-state index contributed by atoms with van der Waals surface area (Å²) in [7, 11) is 3.79. The lowest BCUT2D eigenvalue weighted by Crippen LogP contribution is -2.27. The highest BCUT2D eigenvalue weighted by atomic mass is 32.2. The predicted molar refractivity (Wildman–Crippen MR) is 46.5 cm³/mol. The molecule has 0 amide bonds. The molecule has 0 bridgehead atoms. The average molecular weight is 188 g/mol. The molecule has 0 saturated heterocycles. The molecule has 3 unspecified atom stereocenters. The van der Waals surface area contributed by atoms with Crippen molar-refractivity contribution in [1.82, 2.24) is 0 Å². The van der Waals surface area contributed by atoms with Crippen LogP contribution in [0.1, 0.15) is 13.8 Å². The molecular weight excluding hydrogens is 177 g/mol. The first-order chi connectivity index (χ1) is 3.85. The second kappa shape index (κ2) is 3.48. The van der Waals surface area contributed by atoms with Crippen molar-refractivity contribution in [2.24, 2.45) is 0 Å². The topological polar surface area (TPSA) is 23.1 Å². The summed E-state index contributed by atoms with van der Waals surface area (Å²) in [5, 5.41) is -0.134. The third kappa shape index (κ3) is 3.72. The number of rotatable bonds is 2. The molecular formula is C4H11FOP2S. The Morgan fingerprint density at radius 2 is 1.89 bits per heavy atom. The van der Waals surface area contributed by atoms with Gasteiger partial charge < -0.3 is 4.55 Å². The standard InChI is InChI=1S/C4H11FOP2S/c1-3(2)9(6)4(5,7)8/h3H,7-8H2,1-2H3. The van der Waals surface area contributed by atoms with Gasteiger partial charge in [-0.1, -0.05) is 0 Å². The van der Waals surface area contributed by atoms with Crippen LogP contribution in [0.3, 0.4) is 0 Å². The van der Waals surface area contributed by atoms with E-state index in [2.05, 4.69) is 0 Å². The van der Waals surface area contributed by atoms with Crippen LogP contribution < -0.4 is 0 Å². The van der Waals surface area contributed by atoms with Gasteiger partial charge in [0, 0.05) is 0 Å². The molecule has 0 aliphatic rings. The summed E-state index contributed by atoms with van der Waals surface area (Å²) in [5.41, 5.74) is 0. The van der Waals surface area contributed by atoms with Gasteiger partial charge >= 0.3 is 0 Å². The summed E-state index contributed by atoms with van der Waals surface area (Å²) in [6, 6.07) is 0. The maximum absolute atomic E-state index is 12.7. The fraction of sp³-hybridized carbons (Fsp3) is 1.00. The fourth-order valence-electron chi connectivity index (χ4n) is 0.361. The van der Waals surface area contributed by atoms with Crippen molar-refractivity contribution >= 4 is 29.7 Å². The Bertz CT molecular complexity index is 93.1. The molecule has 0 aliphatic carbocycles. The molecule has 0 rings (SSSR count). The van der Waals surface area contributed by atoms with Crippen molar-refractivity contribution in [3.63, 3.8) is 0 Å². The Morgan fingerprint density at radius 1 is 1.56 bits per heavy atom. The molecule has 0 radical (unpaired) electrons. The first kappa shape index (κ1) is 10.1. The van der Waals surface area contributed by atoms with Gasteiger partial charge in [-0.25, -0.2) is 0 Å². The number of alkyl halides is 1. The second-order valence-corrected chi connectivity index (χ2v) is 7.39. The Morgan fingerprint density at radius 3 is 1.89 bits per heavy atom. The van der Waals surface area contributed by atoms with E-state index in [0.717, 1.165) is 0 Å². The monoisotopic (exact) mass is 188 g/mol. The smallest absolute Gasteiger partial charge is 0.282 e. The van der Waals surface area contributed by atoms with Gasteiger partial charge in [0.05, 0.1) is 0 Å². The minimum atomic E-state index is -1.71. The average Bonchev–Trinajstić information content (AvgIpc) is 1.62. The van der Waals surface area contributed by atoms with Crippen molar-refractivity contribution in [3.05, 3.63) is 0 Å². The fourth-order valence-corrected chi connectivity index (χ4v) is 2.72. The van der Waals surface area contributed by atoms with Crippen LogP contribution in [0.4, 0.5) is 4.39 Å². The third-order valence-electron chi connectivity index (χ3n) is 0.737. The van der Waals surface area contributed by atoms with E-state index in [9.17, 15) is 8.94 Å². The third-order valence-corrected chi connectivity index (χ3v) is 3.60. The van der Waals surface area contributed by atoms with Crippen molar-refractivity contribution < 1.29 is 8.94 Å². The summed E-state index contributed by atoms with van der Waals surface area (Å²) in [6.45, 7) is 3.44. The zero-order chi connectivity index (χ0) is 7.65. The molecule has 0 N–H and O–H groups in total. The van der Waals surface area contributed by atoms with Gasteiger partial charge in [-0.15, -0.1) is 0 Å². The van der Waals surface area contributed by atoms with E-state index >= 15 is 0 Å². The molecule has 0 heterocycles. The van der Waals surface area contributed by atoms with Crippen molar-refractivity contribution in [3.8, 4) is 0 Å². The molecule has 3 atom stereocenters. The van der Waals surface area contributed by atoms with Crippen LogP contribution >= 0.6 is 18.5 Å².